The molecule has 1 atom stereocenters. The first-order valence-corrected chi connectivity index (χ1v) is 7.74. The van der Waals surface area contributed by atoms with Gasteiger partial charge in [-0.15, -0.1) is 0 Å². The standard InChI is InChI=1S/C18H26N2O/c1-4-20-11-16(19)7-8-17(18(2,3)12-21)14-6-5-13-9-15(13)10-14/h5-6,10-12,17,20H,4,7-9,19H2,1-3H3/b16-11-. The van der Waals surface area contributed by atoms with Crippen LogP contribution in [0.25, 0.3) is 0 Å². The normalized spacial score (nSPS) is 15.3. The Balaban J connectivity index is 2.12. The summed E-state index contributed by atoms with van der Waals surface area (Å²) in [6, 6.07) is 6.62. The molecule has 0 heterocycles. The number of rotatable bonds is 8. The molecule has 0 spiro atoms. The summed E-state index contributed by atoms with van der Waals surface area (Å²) >= 11 is 0. The van der Waals surface area contributed by atoms with Crippen molar-refractivity contribution in [3.63, 3.8) is 0 Å². The lowest BCUT2D eigenvalue weighted by Gasteiger charge is -2.30. The second-order valence-electron chi connectivity index (χ2n) is 6.51. The summed E-state index contributed by atoms with van der Waals surface area (Å²) in [4.78, 5) is 11.5. The highest BCUT2D eigenvalue weighted by Gasteiger charge is 2.31. The van der Waals surface area contributed by atoms with Crippen LogP contribution in [-0.4, -0.2) is 12.8 Å². The van der Waals surface area contributed by atoms with E-state index in [1.165, 1.54) is 16.7 Å². The minimum Gasteiger partial charge on any atom is -0.401 e. The summed E-state index contributed by atoms with van der Waals surface area (Å²) in [6.07, 6.45) is 5.74. The van der Waals surface area contributed by atoms with Gasteiger partial charge in [-0.05, 0) is 48.8 Å². The van der Waals surface area contributed by atoms with Crippen molar-refractivity contribution in [2.45, 2.75) is 46.0 Å². The highest BCUT2D eigenvalue weighted by molar-refractivity contribution is 5.61. The summed E-state index contributed by atoms with van der Waals surface area (Å²) in [7, 11) is 0. The molecule has 3 heteroatoms. The number of nitrogens with one attached hydrogen (secondary N) is 1. The number of nitrogens with two attached hydrogens (primary N) is 1. The molecule has 0 radical (unpaired) electrons. The van der Waals surface area contributed by atoms with Crippen LogP contribution < -0.4 is 11.1 Å². The Morgan fingerprint density at radius 2 is 2.19 bits per heavy atom. The summed E-state index contributed by atoms with van der Waals surface area (Å²) in [6.45, 7) is 6.94. The number of hydrogen-bond donors (Lipinski definition) is 2. The van der Waals surface area contributed by atoms with Gasteiger partial charge in [-0.25, -0.2) is 0 Å². The van der Waals surface area contributed by atoms with Crippen LogP contribution in [0.15, 0.2) is 30.1 Å². The highest BCUT2D eigenvalue weighted by atomic mass is 16.1. The topological polar surface area (TPSA) is 55.1 Å². The first-order chi connectivity index (χ1) is 9.97. The zero-order chi connectivity index (χ0) is 15.5. The lowest BCUT2D eigenvalue weighted by atomic mass is 9.73. The van der Waals surface area contributed by atoms with E-state index < -0.39 is 0 Å². The number of aldehydes is 1. The van der Waals surface area contributed by atoms with E-state index >= 15 is 0 Å². The maximum absolute atomic E-state index is 11.5. The second kappa shape index (κ2) is 6.33. The quantitative estimate of drug-likeness (QED) is 0.733. The predicted octanol–water partition coefficient (Wildman–Crippen LogP) is 3.09. The molecule has 1 aromatic rings. The van der Waals surface area contributed by atoms with Gasteiger partial charge in [0.15, 0.2) is 0 Å². The molecule has 1 unspecified atom stereocenters. The molecule has 3 N–H and O–H groups in total. The molecular weight excluding hydrogens is 260 g/mol. The van der Waals surface area contributed by atoms with Crippen molar-refractivity contribution in [1.29, 1.82) is 0 Å². The first-order valence-electron chi connectivity index (χ1n) is 7.74. The molecule has 1 aromatic carbocycles. The van der Waals surface area contributed by atoms with Gasteiger partial charge in [0, 0.05) is 23.9 Å². The van der Waals surface area contributed by atoms with Crippen molar-refractivity contribution in [3.05, 3.63) is 46.8 Å². The lowest BCUT2D eigenvalue weighted by molar-refractivity contribution is -0.115. The Kier molecular flexibility index (Phi) is 4.71. The number of carbonyl (C=O) groups excluding carboxylic acids is 1. The smallest absolute Gasteiger partial charge is 0.126 e. The molecule has 0 saturated heterocycles. The Bertz CT molecular complexity index is 546. The zero-order valence-corrected chi connectivity index (χ0v) is 13.3. The molecule has 0 bridgehead atoms. The molecule has 2 rings (SSSR count). The molecule has 3 nitrogen and oxygen atoms in total. The maximum Gasteiger partial charge on any atom is 0.126 e. The highest BCUT2D eigenvalue weighted by Crippen LogP contribution is 2.40. The van der Waals surface area contributed by atoms with E-state index in [-0.39, 0.29) is 11.3 Å². The van der Waals surface area contributed by atoms with Crippen LogP contribution in [0.3, 0.4) is 0 Å². The third-order valence-electron chi connectivity index (χ3n) is 4.30. The van der Waals surface area contributed by atoms with Crippen molar-refractivity contribution in [2.24, 2.45) is 11.1 Å². The van der Waals surface area contributed by atoms with Crippen LogP contribution in [0.2, 0.25) is 0 Å². The summed E-state index contributed by atoms with van der Waals surface area (Å²) in [5.74, 6) is 0.203. The van der Waals surface area contributed by atoms with Gasteiger partial charge in [0.25, 0.3) is 0 Å². The molecule has 21 heavy (non-hydrogen) atoms. The van der Waals surface area contributed by atoms with Crippen LogP contribution in [0.5, 0.6) is 0 Å². The molecule has 1 aliphatic rings. The van der Waals surface area contributed by atoms with E-state index in [0.29, 0.717) is 0 Å². The van der Waals surface area contributed by atoms with Crippen molar-refractivity contribution >= 4 is 6.29 Å². The van der Waals surface area contributed by atoms with Gasteiger partial charge in [0.05, 0.1) is 0 Å². The third kappa shape index (κ3) is 3.87. The van der Waals surface area contributed by atoms with E-state index in [2.05, 4.69) is 23.5 Å². The average molecular weight is 286 g/mol. The Morgan fingerprint density at radius 1 is 1.43 bits per heavy atom. The Labute approximate surface area is 127 Å². The van der Waals surface area contributed by atoms with E-state index in [1.807, 2.05) is 27.0 Å². The fourth-order valence-electron chi connectivity index (χ4n) is 2.80. The number of carbonyl (C=O) groups is 1. The van der Waals surface area contributed by atoms with Crippen LogP contribution in [0, 0.1) is 5.41 Å². The van der Waals surface area contributed by atoms with Gasteiger partial charge in [-0.3, -0.25) is 0 Å². The zero-order valence-electron chi connectivity index (χ0n) is 13.3. The van der Waals surface area contributed by atoms with E-state index in [1.54, 1.807) is 0 Å². The number of benzene rings is 1. The third-order valence-corrected chi connectivity index (χ3v) is 4.30. The van der Waals surface area contributed by atoms with Crippen molar-refractivity contribution in [1.82, 2.24) is 5.32 Å². The molecule has 0 amide bonds. The van der Waals surface area contributed by atoms with Gasteiger partial charge in [-0.2, -0.15) is 0 Å². The number of fused-ring (bicyclic) bond motifs is 1. The minimum absolute atomic E-state index is 0.203. The maximum atomic E-state index is 11.5. The van der Waals surface area contributed by atoms with Gasteiger partial charge in [-0.1, -0.05) is 32.0 Å². The minimum atomic E-state index is -0.373. The SMILES string of the molecule is CCN/C=C(\N)CCC(c1ccc2c(c1)C2)C(C)(C)C=O. The molecule has 0 saturated carbocycles. The van der Waals surface area contributed by atoms with E-state index in [4.69, 9.17) is 5.73 Å². The van der Waals surface area contributed by atoms with Crippen molar-refractivity contribution in [2.75, 3.05) is 6.54 Å². The fourth-order valence-corrected chi connectivity index (χ4v) is 2.80. The molecule has 114 valence electrons. The molecule has 0 aromatic heterocycles. The van der Waals surface area contributed by atoms with Gasteiger partial charge in [0.1, 0.15) is 6.29 Å². The lowest BCUT2D eigenvalue weighted by Crippen LogP contribution is -2.24. The van der Waals surface area contributed by atoms with Crippen molar-refractivity contribution in [3.8, 4) is 0 Å². The summed E-state index contributed by atoms with van der Waals surface area (Å²) in [5.41, 5.74) is 10.6. The van der Waals surface area contributed by atoms with Gasteiger partial charge in [0.2, 0.25) is 0 Å². The molecule has 0 aliphatic heterocycles. The van der Waals surface area contributed by atoms with E-state index in [0.717, 1.165) is 37.8 Å². The van der Waals surface area contributed by atoms with Gasteiger partial charge < -0.3 is 15.8 Å². The number of allylic oxidation sites excluding steroid dienone is 1. The summed E-state index contributed by atoms with van der Waals surface area (Å²) < 4.78 is 0. The monoisotopic (exact) mass is 286 g/mol. The van der Waals surface area contributed by atoms with Crippen LogP contribution in [0.1, 0.15) is 56.2 Å². The second-order valence-corrected chi connectivity index (χ2v) is 6.51. The molecule has 1 aliphatic carbocycles. The predicted molar refractivity (Wildman–Crippen MR) is 87.0 cm³/mol. The van der Waals surface area contributed by atoms with Gasteiger partial charge >= 0.3 is 0 Å². The fraction of sp³-hybridized carbons (Fsp3) is 0.500. The first kappa shape index (κ1) is 15.6. The molecular formula is C18H26N2O. The average Bonchev–Trinajstić information content (AvgIpc) is 3.23. The van der Waals surface area contributed by atoms with Crippen molar-refractivity contribution < 1.29 is 4.79 Å². The Hall–Kier alpha value is -1.77. The van der Waals surface area contributed by atoms with Crippen LogP contribution in [0.4, 0.5) is 0 Å². The summed E-state index contributed by atoms with van der Waals surface area (Å²) in [5, 5.41) is 3.13. The van der Waals surface area contributed by atoms with Crippen LogP contribution >= 0.6 is 0 Å². The Morgan fingerprint density at radius 3 is 2.81 bits per heavy atom. The van der Waals surface area contributed by atoms with Crippen LogP contribution in [-0.2, 0) is 11.2 Å². The largest absolute Gasteiger partial charge is 0.401 e. The van der Waals surface area contributed by atoms with E-state index in [9.17, 15) is 4.79 Å². The number of hydrogen-bond acceptors (Lipinski definition) is 3. The molecule has 0 fully saturated rings.